The van der Waals surface area contributed by atoms with Gasteiger partial charge in [0.05, 0.1) is 5.75 Å². The molecule has 1 aromatic carbocycles. The zero-order valence-corrected chi connectivity index (χ0v) is 13.5. The summed E-state index contributed by atoms with van der Waals surface area (Å²) in [7, 11) is -3.25. The van der Waals surface area contributed by atoms with Crippen LogP contribution < -0.4 is 10.5 Å². The molecule has 0 spiro atoms. The van der Waals surface area contributed by atoms with Crippen molar-refractivity contribution in [1.29, 1.82) is 0 Å². The molecule has 1 aromatic rings. The van der Waals surface area contributed by atoms with Crippen molar-refractivity contribution < 1.29 is 8.42 Å². The van der Waals surface area contributed by atoms with Gasteiger partial charge in [0.15, 0.2) is 0 Å². The van der Waals surface area contributed by atoms with Crippen molar-refractivity contribution >= 4 is 15.7 Å². The summed E-state index contributed by atoms with van der Waals surface area (Å²) in [5, 5.41) is 0. The Bertz CT molecular complexity index is 540. The fraction of sp³-hybridized carbons (Fsp3) is 0.625. The number of hydrogen-bond acceptors (Lipinski definition) is 3. The highest BCUT2D eigenvalue weighted by molar-refractivity contribution is 7.88. The summed E-state index contributed by atoms with van der Waals surface area (Å²) in [4.78, 5) is 0. The van der Waals surface area contributed by atoms with E-state index < -0.39 is 10.0 Å². The SMILES string of the molecule is CC1CCCC(CCNS(=O)(=O)Cc2ccc(N)cc2)C1. The van der Waals surface area contributed by atoms with Crippen LogP contribution >= 0.6 is 0 Å². The van der Waals surface area contributed by atoms with Crippen molar-refractivity contribution in [2.24, 2.45) is 11.8 Å². The Hall–Kier alpha value is -1.07. The highest BCUT2D eigenvalue weighted by atomic mass is 32.2. The van der Waals surface area contributed by atoms with Gasteiger partial charge in [-0.15, -0.1) is 0 Å². The molecule has 1 aliphatic carbocycles. The Labute approximate surface area is 128 Å². The van der Waals surface area contributed by atoms with Gasteiger partial charge in [-0.2, -0.15) is 0 Å². The van der Waals surface area contributed by atoms with Crippen LogP contribution in [0.1, 0.15) is 44.6 Å². The van der Waals surface area contributed by atoms with Crippen LogP contribution in [0, 0.1) is 11.8 Å². The topological polar surface area (TPSA) is 72.2 Å². The summed E-state index contributed by atoms with van der Waals surface area (Å²) in [5.41, 5.74) is 7.01. The Morgan fingerprint density at radius 2 is 1.95 bits per heavy atom. The van der Waals surface area contributed by atoms with Crippen molar-refractivity contribution in [3.8, 4) is 0 Å². The van der Waals surface area contributed by atoms with Crippen LogP contribution in [0.3, 0.4) is 0 Å². The molecular weight excluding hydrogens is 284 g/mol. The minimum Gasteiger partial charge on any atom is -0.399 e. The Morgan fingerprint density at radius 3 is 2.62 bits per heavy atom. The maximum absolute atomic E-state index is 12.0. The summed E-state index contributed by atoms with van der Waals surface area (Å²) in [6.45, 7) is 2.84. The molecule has 3 N–H and O–H groups in total. The highest BCUT2D eigenvalue weighted by Crippen LogP contribution is 2.30. The highest BCUT2D eigenvalue weighted by Gasteiger charge is 2.19. The second-order valence-electron chi connectivity index (χ2n) is 6.32. The van der Waals surface area contributed by atoms with E-state index in [4.69, 9.17) is 5.73 Å². The number of nitrogens with two attached hydrogens (primary N) is 1. The zero-order chi connectivity index (χ0) is 15.3. The number of anilines is 1. The molecule has 2 rings (SSSR count). The Kier molecular flexibility index (Phi) is 5.65. The van der Waals surface area contributed by atoms with Crippen molar-refractivity contribution in [2.75, 3.05) is 12.3 Å². The molecule has 2 atom stereocenters. The molecule has 1 saturated carbocycles. The smallest absolute Gasteiger partial charge is 0.215 e. The molecule has 2 unspecified atom stereocenters. The number of hydrogen-bond donors (Lipinski definition) is 2. The van der Waals surface area contributed by atoms with E-state index in [0.29, 0.717) is 18.2 Å². The van der Waals surface area contributed by atoms with Gasteiger partial charge in [-0.3, -0.25) is 0 Å². The first-order chi connectivity index (χ1) is 9.94. The largest absolute Gasteiger partial charge is 0.399 e. The molecule has 1 aliphatic rings. The van der Waals surface area contributed by atoms with Gasteiger partial charge >= 0.3 is 0 Å². The monoisotopic (exact) mass is 310 g/mol. The predicted octanol–water partition coefficient (Wildman–Crippen LogP) is 2.90. The van der Waals surface area contributed by atoms with Crippen molar-refractivity contribution in [3.05, 3.63) is 29.8 Å². The van der Waals surface area contributed by atoms with Gasteiger partial charge in [0.2, 0.25) is 10.0 Å². The van der Waals surface area contributed by atoms with Crippen LogP contribution in [-0.2, 0) is 15.8 Å². The molecule has 1 fully saturated rings. The third-order valence-corrected chi connectivity index (χ3v) is 5.61. The van der Waals surface area contributed by atoms with Gasteiger partial charge in [-0.25, -0.2) is 13.1 Å². The quantitative estimate of drug-likeness (QED) is 0.794. The molecule has 118 valence electrons. The van der Waals surface area contributed by atoms with Crippen LogP contribution in [-0.4, -0.2) is 15.0 Å². The second kappa shape index (κ2) is 7.27. The maximum atomic E-state index is 12.0. The van der Waals surface area contributed by atoms with Gasteiger partial charge in [0.25, 0.3) is 0 Å². The molecule has 0 bridgehead atoms. The lowest BCUT2D eigenvalue weighted by Gasteiger charge is -2.26. The first kappa shape index (κ1) is 16.3. The van der Waals surface area contributed by atoms with E-state index in [1.165, 1.54) is 25.7 Å². The van der Waals surface area contributed by atoms with Crippen LogP contribution in [0.5, 0.6) is 0 Å². The maximum Gasteiger partial charge on any atom is 0.215 e. The van der Waals surface area contributed by atoms with E-state index in [2.05, 4.69) is 11.6 Å². The molecule has 5 heteroatoms. The van der Waals surface area contributed by atoms with E-state index in [9.17, 15) is 8.42 Å². The minimum atomic E-state index is -3.25. The summed E-state index contributed by atoms with van der Waals surface area (Å²) in [6.07, 6.45) is 6.03. The van der Waals surface area contributed by atoms with E-state index >= 15 is 0 Å². The minimum absolute atomic E-state index is 0.0222. The summed E-state index contributed by atoms with van der Waals surface area (Å²) < 4.78 is 26.8. The molecular formula is C16H26N2O2S. The number of benzene rings is 1. The molecule has 0 aromatic heterocycles. The molecule has 0 radical (unpaired) electrons. The molecule has 0 saturated heterocycles. The molecule has 0 aliphatic heterocycles. The first-order valence-electron chi connectivity index (χ1n) is 7.76. The lowest BCUT2D eigenvalue weighted by molar-refractivity contribution is 0.271. The Balaban J connectivity index is 1.77. The number of rotatable bonds is 6. The van der Waals surface area contributed by atoms with Crippen LogP contribution in [0.2, 0.25) is 0 Å². The van der Waals surface area contributed by atoms with Gasteiger partial charge < -0.3 is 5.73 Å². The van der Waals surface area contributed by atoms with Gasteiger partial charge in [-0.1, -0.05) is 38.3 Å². The van der Waals surface area contributed by atoms with Crippen LogP contribution in [0.15, 0.2) is 24.3 Å². The number of nitrogens with one attached hydrogen (secondary N) is 1. The van der Waals surface area contributed by atoms with E-state index in [1.54, 1.807) is 24.3 Å². The lowest BCUT2D eigenvalue weighted by Crippen LogP contribution is -2.28. The van der Waals surface area contributed by atoms with E-state index in [0.717, 1.165) is 17.9 Å². The lowest BCUT2D eigenvalue weighted by atomic mass is 9.81. The number of sulfonamides is 1. The normalized spacial score (nSPS) is 23.1. The van der Waals surface area contributed by atoms with Crippen LogP contribution in [0.25, 0.3) is 0 Å². The zero-order valence-electron chi connectivity index (χ0n) is 12.7. The Morgan fingerprint density at radius 1 is 1.24 bits per heavy atom. The van der Waals surface area contributed by atoms with Crippen LogP contribution in [0.4, 0.5) is 5.69 Å². The van der Waals surface area contributed by atoms with Crippen molar-refractivity contribution in [2.45, 2.75) is 44.8 Å². The molecule has 0 heterocycles. The average molecular weight is 310 g/mol. The first-order valence-corrected chi connectivity index (χ1v) is 9.41. The van der Waals surface area contributed by atoms with E-state index in [-0.39, 0.29) is 5.75 Å². The summed E-state index contributed by atoms with van der Waals surface area (Å²) >= 11 is 0. The summed E-state index contributed by atoms with van der Waals surface area (Å²) in [6, 6.07) is 6.98. The third-order valence-electron chi connectivity index (χ3n) is 4.26. The van der Waals surface area contributed by atoms with Crippen molar-refractivity contribution in [1.82, 2.24) is 4.72 Å². The fourth-order valence-corrected chi connectivity index (χ4v) is 4.29. The second-order valence-corrected chi connectivity index (χ2v) is 8.13. The fourth-order valence-electron chi connectivity index (χ4n) is 3.12. The standard InChI is InChI=1S/C16H26N2O2S/c1-13-3-2-4-14(11-13)9-10-18-21(19,20)12-15-5-7-16(17)8-6-15/h5-8,13-14,18H,2-4,9-12,17H2,1H3. The van der Waals surface area contributed by atoms with Crippen molar-refractivity contribution in [3.63, 3.8) is 0 Å². The third kappa shape index (κ3) is 5.67. The predicted molar refractivity (Wildman–Crippen MR) is 87.2 cm³/mol. The van der Waals surface area contributed by atoms with Gasteiger partial charge in [0.1, 0.15) is 0 Å². The summed E-state index contributed by atoms with van der Waals surface area (Å²) in [5.74, 6) is 1.48. The van der Waals surface area contributed by atoms with Gasteiger partial charge in [-0.05, 0) is 42.4 Å². The van der Waals surface area contributed by atoms with Gasteiger partial charge in [0, 0.05) is 12.2 Å². The molecule has 21 heavy (non-hydrogen) atoms. The van der Waals surface area contributed by atoms with E-state index in [1.807, 2.05) is 0 Å². The molecule has 4 nitrogen and oxygen atoms in total. The molecule has 0 amide bonds. The average Bonchev–Trinajstić information content (AvgIpc) is 2.41. The number of nitrogen functional groups attached to an aromatic ring is 1.